The average molecular weight is 328 g/mol. The molecular weight excluding hydrogens is 304 g/mol. The maximum atomic E-state index is 12.7. The number of nitrogens with one attached hydrogen (secondary N) is 1. The van der Waals surface area contributed by atoms with E-state index in [1.165, 1.54) is 6.42 Å². The standard InChI is InChI=1S/C19H24N2O3/c1-23-15-2-3-16-14(12-24-17(16)11-15)10-18(22)21-8-5-19(6-9-21)4-7-20-13-19/h2-3,11-12,20H,4-10,13H2,1H3. The highest BCUT2D eigenvalue weighted by atomic mass is 16.5. The van der Waals surface area contributed by atoms with E-state index in [1.54, 1.807) is 13.4 Å². The highest BCUT2D eigenvalue weighted by Gasteiger charge is 2.38. The van der Waals surface area contributed by atoms with E-state index in [4.69, 9.17) is 9.15 Å². The van der Waals surface area contributed by atoms with E-state index in [0.717, 1.165) is 61.3 Å². The van der Waals surface area contributed by atoms with Gasteiger partial charge in [-0.15, -0.1) is 0 Å². The number of methoxy groups -OCH3 is 1. The molecule has 2 fully saturated rings. The van der Waals surface area contributed by atoms with Gasteiger partial charge in [-0.25, -0.2) is 0 Å². The molecule has 1 amide bonds. The fraction of sp³-hybridized carbons (Fsp3) is 0.526. The third kappa shape index (κ3) is 2.77. The quantitative estimate of drug-likeness (QED) is 0.941. The van der Waals surface area contributed by atoms with Crippen LogP contribution in [0.2, 0.25) is 0 Å². The number of fused-ring (bicyclic) bond motifs is 1. The van der Waals surface area contributed by atoms with Crippen LogP contribution in [0.15, 0.2) is 28.9 Å². The first-order valence-corrected chi connectivity index (χ1v) is 8.72. The van der Waals surface area contributed by atoms with Gasteiger partial charge in [0.1, 0.15) is 11.3 Å². The van der Waals surface area contributed by atoms with Crippen molar-refractivity contribution < 1.29 is 13.9 Å². The molecule has 2 aliphatic heterocycles. The molecule has 128 valence electrons. The van der Waals surface area contributed by atoms with Gasteiger partial charge in [0.25, 0.3) is 0 Å². The van der Waals surface area contributed by atoms with Gasteiger partial charge in [-0.2, -0.15) is 0 Å². The zero-order valence-corrected chi connectivity index (χ0v) is 14.1. The lowest BCUT2D eigenvalue weighted by Gasteiger charge is -2.38. The van der Waals surface area contributed by atoms with Gasteiger partial charge >= 0.3 is 0 Å². The second-order valence-electron chi connectivity index (χ2n) is 7.11. The number of rotatable bonds is 3. The van der Waals surface area contributed by atoms with E-state index in [-0.39, 0.29) is 5.91 Å². The summed E-state index contributed by atoms with van der Waals surface area (Å²) < 4.78 is 10.8. The molecule has 1 spiro atoms. The smallest absolute Gasteiger partial charge is 0.227 e. The monoisotopic (exact) mass is 328 g/mol. The Morgan fingerprint density at radius 1 is 1.33 bits per heavy atom. The van der Waals surface area contributed by atoms with Crippen molar-refractivity contribution in [2.75, 3.05) is 33.3 Å². The number of nitrogens with zero attached hydrogens (tertiary/aromatic N) is 1. The summed E-state index contributed by atoms with van der Waals surface area (Å²) in [4.78, 5) is 14.7. The minimum atomic E-state index is 0.203. The number of furan rings is 1. The van der Waals surface area contributed by atoms with Crippen molar-refractivity contribution >= 4 is 16.9 Å². The Morgan fingerprint density at radius 2 is 2.17 bits per heavy atom. The first kappa shape index (κ1) is 15.5. The number of hydrogen-bond donors (Lipinski definition) is 1. The molecule has 4 rings (SSSR count). The summed E-state index contributed by atoms with van der Waals surface area (Å²) in [5, 5.41) is 4.46. The van der Waals surface area contributed by atoms with Crippen LogP contribution in [0, 0.1) is 5.41 Å². The second kappa shape index (κ2) is 6.13. The Morgan fingerprint density at radius 3 is 2.88 bits per heavy atom. The van der Waals surface area contributed by atoms with Crippen LogP contribution in [0.4, 0.5) is 0 Å². The fourth-order valence-corrected chi connectivity index (χ4v) is 4.05. The molecule has 0 atom stereocenters. The molecule has 1 N–H and O–H groups in total. The summed E-state index contributed by atoms with van der Waals surface area (Å²) in [6, 6.07) is 5.74. The molecule has 5 heteroatoms. The third-order valence-corrected chi connectivity index (χ3v) is 5.71. The van der Waals surface area contributed by atoms with Crippen molar-refractivity contribution in [2.24, 2.45) is 5.41 Å². The SMILES string of the molecule is COc1ccc2c(CC(=O)N3CCC4(CCNC4)CC3)coc2c1. The molecule has 2 aliphatic rings. The minimum absolute atomic E-state index is 0.203. The number of ether oxygens (including phenoxy) is 1. The molecule has 0 saturated carbocycles. The summed E-state index contributed by atoms with van der Waals surface area (Å²) in [6.45, 7) is 4.00. The largest absolute Gasteiger partial charge is 0.497 e. The van der Waals surface area contributed by atoms with Crippen LogP contribution in [0.3, 0.4) is 0 Å². The molecule has 0 unspecified atom stereocenters. The molecule has 24 heavy (non-hydrogen) atoms. The summed E-state index contributed by atoms with van der Waals surface area (Å²) in [6.07, 6.45) is 5.60. The average Bonchev–Trinajstić information content (AvgIpc) is 3.22. The first-order valence-electron chi connectivity index (χ1n) is 8.72. The Bertz CT molecular complexity index is 736. The molecule has 2 aromatic rings. The molecule has 3 heterocycles. The van der Waals surface area contributed by atoms with Crippen LogP contribution in [0.5, 0.6) is 5.75 Å². The maximum absolute atomic E-state index is 12.7. The van der Waals surface area contributed by atoms with Crippen molar-refractivity contribution in [3.05, 3.63) is 30.0 Å². The van der Waals surface area contributed by atoms with Crippen molar-refractivity contribution in [3.8, 4) is 5.75 Å². The third-order valence-electron chi connectivity index (χ3n) is 5.71. The van der Waals surface area contributed by atoms with Gasteiger partial charge in [0, 0.05) is 36.7 Å². The molecule has 5 nitrogen and oxygen atoms in total. The number of likely N-dealkylation sites (tertiary alicyclic amines) is 1. The van der Waals surface area contributed by atoms with E-state index in [0.29, 0.717) is 11.8 Å². The first-order chi connectivity index (χ1) is 11.7. The van der Waals surface area contributed by atoms with Crippen molar-refractivity contribution in [3.63, 3.8) is 0 Å². The van der Waals surface area contributed by atoms with Crippen LogP contribution in [0.1, 0.15) is 24.8 Å². The van der Waals surface area contributed by atoms with E-state index in [9.17, 15) is 4.79 Å². The van der Waals surface area contributed by atoms with Crippen LogP contribution in [-0.4, -0.2) is 44.1 Å². The highest BCUT2D eigenvalue weighted by molar-refractivity contribution is 5.88. The summed E-state index contributed by atoms with van der Waals surface area (Å²) in [5.74, 6) is 0.968. The van der Waals surface area contributed by atoms with Crippen LogP contribution >= 0.6 is 0 Å². The lowest BCUT2D eigenvalue weighted by atomic mass is 9.78. The predicted octanol–water partition coefficient (Wildman–Crippen LogP) is 2.59. The number of amides is 1. The van der Waals surface area contributed by atoms with Crippen LogP contribution in [0.25, 0.3) is 11.0 Å². The molecule has 0 bridgehead atoms. The zero-order chi connectivity index (χ0) is 16.6. The Labute approximate surface area is 141 Å². The number of hydrogen-bond acceptors (Lipinski definition) is 4. The van der Waals surface area contributed by atoms with Gasteiger partial charge in [-0.3, -0.25) is 4.79 Å². The lowest BCUT2D eigenvalue weighted by Crippen LogP contribution is -2.44. The van der Waals surface area contributed by atoms with Gasteiger partial charge in [-0.1, -0.05) is 0 Å². The van der Waals surface area contributed by atoms with E-state index >= 15 is 0 Å². The molecule has 1 aromatic heterocycles. The Hall–Kier alpha value is -2.01. The van der Waals surface area contributed by atoms with Gasteiger partial charge < -0.3 is 19.4 Å². The normalized spacial score (nSPS) is 20.0. The van der Waals surface area contributed by atoms with Gasteiger partial charge in [0.15, 0.2) is 0 Å². The molecular formula is C19H24N2O3. The van der Waals surface area contributed by atoms with E-state index < -0.39 is 0 Å². The van der Waals surface area contributed by atoms with Gasteiger partial charge in [-0.05, 0) is 43.4 Å². The predicted molar refractivity (Wildman–Crippen MR) is 92.2 cm³/mol. The number of carbonyl (C=O) groups is 1. The molecule has 1 aromatic carbocycles. The maximum Gasteiger partial charge on any atom is 0.227 e. The Kier molecular flexibility index (Phi) is 3.96. The molecule has 0 aliphatic carbocycles. The topological polar surface area (TPSA) is 54.7 Å². The fourth-order valence-electron chi connectivity index (χ4n) is 4.05. The zero-order valence-electron chi connectivity index (χ0n) is 14.1. The van der Waals surface area contributed by atoms with Gasteiger partial charge in [0.05, 0.1) is 19.8 Å². The highest BCUT2D eigenvalue weighted by Crippen LogP contribution is 2.37. The number of piperidine rings is 1. The minimum Gasteiger partial charge on any atom is -0.497 e. The number of carbonyl (C=O) groups excluding carboxylic acids is 1. The van der Waals surface area contributed by atoms with Crippen molar-refractivity contribution in [2.45, 2.75) is 25.7 Å². The number of benzene rings is 1. The van der Waals surface area contributed by atoms with Crippen molar-refractivity contribution in [1.82, 2.24) is 10.2 Å². The Balaban J connectivity index is 1.43. The van der Waals surface area contributed by atoms with Crippen molar-refractivity contribution in [1.29, 1.82) is 0 Å². The summed E-state index contributed by atoms with van der Waals surface area (Å²) in [5.41, 5.74) is 2.17. The van der Waals surface area contributed by atoms with E-state index in [2.05, 4.69) is 5.32 Å². The summed E-state index contributed by atoms with van der Waals surface area (Å²) >= 11 is 0. The van der Waals surface area contributed by atoms with Crippen LogP contribution < -0.4 is 10.1 Å². The lowest BCUT2D eigenvalue weighted by molar-refractivity contribution is -0.132. The van der Waals surface area contributed by atoms with E-state index in [1.807, 2.05) is 23.1 Å². The van der Waals surface area contributed by atoms with Gasteiger partial charge in [0.2, 0.25) is 5.91 Å². The molecule has 0 radical (unpaired) electrons. The van der Waals surface area contributed by atoms with Crippen LogP contribution in [-0.2, 0) is 11.2 Å². The second-order valence-corrected chi connectivity index (χ2v) is 7.11. The summed E-state index contributed by atoms with van der Waals surface area (Å²) in [7, 11) is 1.64. The molecule has 2 saturated heterocycles.